The molecule has 1 heterocycles. The van der Waals surface area contributed by atoms with Crippen LogP contribution in [0.3, 0.4) is 0 Å². The highest BCUT2D eigenvalue weighted by Crippen LogP contribution is 2.19. The lowest BCUT2D eigenvalue weighted by Crippen LogP contribution is -2.11. The molecule has 5 nitrogen and oxygen atoms in total. The second-order valence-electron chi connectivity index (χ2n) is 5.99. The van der Waals surface area contributed by atoms with Crippen LogP contribution in [-0.4, -0.2) is 20.9 Å². The number of nitrogens with one attached hydrogen (secondary N) is 1. The van der Waals surface area contributed by atoms with Crippen molar-refractivity contribution in [1.29, 1.82) is 0 Å². The lowest BCUT2D eigenvalue weighted by Gasteiger charge is -2.04. The van der Waals surface area contributed by atoms with Crippen LogP contribution in [0.25, 0.3) is 16.7 Å². The fourth-order valence-corrected chi connectivity index (χ4v) is 2.72. The van der Waals surface area contributed by atoms with Crippen molar-refractivity contribution >= 4 is 34.2 Å². The van der Waals surface area contributed by atoms with Gasteiger partial charge in [0.1, 0.15) is 11.0 Å². The summed E-state index contributed by atoms with van der Waals surface area (Å²) in [7, 11) is 0. The lowest BCUT2D eigenvalue weighted by atomic mass is 10.2. The van der Waals surface area contributed by atoms with Gasteiger partial charge in [0.2, 0.25) is 0 Å². The Morgan fingerprint density at radius 3 is 2.35 bits per heavy atom. The Kier molecular flexibility index (Phi) is 4.14. The zero-order chi connectivity index (χ0) is 18.1. The first kappa shape index (κ1) is 16.3. The first-order valence-corrected chi connectivity index (χ1v) is 8.47. The van der Waals surface area contributed by atoms with Crippen molar-refractivity contribution in [3.8, 4) is 5.69 Å². The summed E-state index contributed by atoms with van der Waals surface area (Å²) < 4.78 is 0. The Hall–Kier alpha value is -3.18. The van der Waals surface area contributed by atoms with Gasteiger partial charge in [-0.05, 0) is 61.5 Å². The van der Waals surface area contributed by atoms with Gasteiger partial charge in [-0.2, -0.15) is 4.80 Å². The van der Waals surface area contributed by atoms with Gasteiger partial charge in [-0.15, -0.1) is 10.2 Å². The van der Waals surface area contributed by atoms with E-state index < -0.39 is 0 Å². The van der Waals surface area contributed by atoms with E-state index in [9.17, 15) is 4.79 Å². The maximum atomic E-state index is 12.3. The number of nitrogens with zero attached hydrogens (tertiary/aromatic N) is 3. The largest absolute Gasteiger partial charge is 0.322 e. The molecule has 6 heteroatoms. The second-order valence-corrected chi connectivity index (χ2v) is 6.43. The molecule has 3 aromatic carbocycles. The molecule has 0 saturated heterocycles. The number of carbonyl (C=O) groups excluding carboxylic acids is 1. The monoisotopic (exact) mass is 362 g/mol. The Morgan fingerprint density at radius 2 is 1.62 bits per heavy atom. The number of hydrogen-bond acceptors (Lipinski definition) is 3. The number of anilines is 1. The van der Waals surface area contributed by atoms with Crippen LogP contribution in [0.15, 0.2) is 66.7 Å². The Labute approximate surface area is 155 Å². The molecule has 1 N–H and O–H groups in total. The Balaban J connectivity index is 1.60. The molecule has 4 aromatic rings. The molecule has 0 spiro atoms. The van der Waals surface area contributed by atoms with E-state index in [0.717, 1.165) is 11.2 Å². The van der Waals surface area contributed by atoms with Crippen molar-refractivity contribution in [2.24, 2.45) is 0 Å². The fraction of sp³-hybridized carbons (Fsp3) is 0.0500. The third kappa shape index (κ3) is 3.30. The minimum absolute atomic E-state index is 0.202. The van der Waals surface area contributed by atoms with Gasteiger partial charge in [0.15, 0.2) is 0 Å². The first-order chi connectivity index (χ1) is 12.6. The third-order valence-electron chi connectivity index (χ3n) is 4.01. The predicted molar refractivity (Wildman–Crippen MR) is 103 cm³/mol. The highest BCUT2D eigenvalue weighted by molar-refractivity contribution is 6.30. The van der Waals surface area contributed by atoms with Gasteiger partial charge in [-0.1, -0.05) is 29.3 Å². The van der Waals surface area contributed by atoms with E-state index in [1.807, 2.05) is 43.3 Å². The average Bonchev–Trinajstić information content (AvgIpc) is 3.06. The lowest BCUT2D eigenvalue weighted by molar-refractivity contribution is 0.102. The molecule has 0 atom stereocenters. The maximum absolute atomic E-state index is 12.3. The maximum Gasteiger partial charge on any atom is 0.255 e. The number of carbonyl (C=O) groups is 1. The minimum atomic E-state index is -0.202. The van der Waals surface area contributed by atoms with Crippen molar-refractivity contribution in [2.45, 2.75) is 6.92 Å². The molecule has 0 radical (unpaired) electrons. The molecule has 128 valence electrons. The van der Waals surface area contributed by atoms with Crippen molar-refractivity contribution in [3.63, 3.8) is 0 Å². The van der Waals surface area contributed by atoms with Crippen LogP contribution in [0, 0.1) is 6.92 Å². The molecule has 0 fully saturated rings. The topological polar surface area (TPSA) is 59.8 Å². The summed E-state index contributed by atoms with van der Waals surface area (Å²) in [6.07, 6.45) is 0. The number of aryl methyl sites for hydroxylation is 1. The summed E-state index contributed by atoms with van der Waals surface area (Å²) in [4.78, 5) is 13.9. The van der Waals surface area contributed by atoms with Crippen LogP contribution in [0.2, 0.25) is 5.02 Å². The summed E-state index contributed by atoms with van der Waals surface area (Å²) >= 11 is 5.85. The van der Waals surface area contributed by atoms with Crippen molar-refractivity contribution in [2.75, 3.05) is 5.32 Å². The zero-order valence-electron chi connectivity index (χ0n) is 14.0. The number of benzene rings is 3. The normalized spacial score (nSPS) is 10.8. The van der Waals surface area contributed by atoms with Crippen molar-refractivity contribution in [3.05, 3.63) is 82.9 Å². The van der Waals surface area contributed by atoms with Gasteiger partial charge in [-0.25, -0.2) is 0 Å². The van der Waals surface area contributed by atoms with E-state index in [1.54, 1.807) is 35.1 Å². The number of hydrogen-bond donors (Lipinski definition) is 1. The Bertz CT molecular complexity index is 1090. The quantitative estimate of drug-likeness (QED) is 0.577. The van der Waals surface area contributed by atoms with Crippen molar-refractivity contribution in [1.82, 2.24) is 15.0 Å². The molecule has 1 aromatic heterocycles. The van der Waals surface area contributed by atoms with Crippen LogP contribution < -0.4 is 5.32 Å². The Morgan fingerprint density at radius 1 is 0.923 bits per heavy atom. The highest BCUT2D eigenvalue weighted by Gasteiger charge is 2.09. The van der Waals surface area contributed by atoms with Crippen LogP contribution in [0.5, 0.6) is 0 Å². The van der Waals surface area contributed by atoms with Gasteiger partial charge < -0.3 is 5.32 Å². The van der Waals surface area contributed by atoms with E-state index >= 15 is 0 Å². The van der Waals surface area contributed by atoms with Gasteiger partial charge in [0, 0.05) is 16.3 Å². The van der Waals surface area contributed by atoms with Gasteiger partial charge in [-0.3, -0.25) is 4.79 Å². The number of rotatable bonds is 3. The molecule has 0 saturated carbocycles. The van der Waals surface area contributed by atoms with E-state index in [2.05, 4.69) is 15.5 Å². The van der Waals surface area contributed by atoms with Gasteiger partial charge >= 0.3 is 0 Å². The summed E-state index contributed by atoms with van der Waals surface area (Å²) in [5, 5.41) is 12.4. The molecular formula is C20H15ClN4O. The van der Waals surface area contributed by atoms with E-state index in [1.165, 1.54) is 5.56 Å². The number of amides is 1. The van der Waals surface area contributed by atoms with Gasteiger partial charge in [0.25, 0.3) is 5.91 Å². The summed E-state index contributed by atoms with van der Waals surface area (Å²) in [5.41, 5.74) is 4.73. The second kappa shape index (κ2) is 6.61. The number of aromatic nitrogens is 3. The minimum Gasteiger partial charge on any atom is -0.322 e. The molecule has 0 bridgehead atoms. The molecule has 1 amide bonds. The number of halogens is 1. The van der Waals surface area contributed by atoms with Crippen LogP contribution in [0.1, 0.15) is 15.9 Å². The number of fused-ring (bicyclic) bond motifs is 1. The molecule has 0 unspecified atom stereocenters. The van der Waals surface area contributed by atoms with Crippen LogP contribution in [0.4, 0.5) is 5.69 Å². The molecular weight excluding hydrogens is 348 g/mol. The SMILES string of the molecule is Cc1ccc(-n2nc3ccc(NC(=O)c4ccc(Cl)cc4)cc3n2)cc1. The highest BCUT2D eigenvalue weighted by atomic mass is 35.5. The molecule has 4 rings (SSSR count). The van der Waals surface area contributed by atoms with Crippen LogP contribution in [-0.2, 0) is 0 Å². The molecule has 0 aliphatic carbocycles. The predicted octanol–water partition coefficient (Wildman–Crippen LogP) is 4.63. The van der Waals surface area contributed by atoms with E-state index in [0.29, 0.717) is 21.8 Å². The van der Waals surface area contributed by atoms with Crippen LogP contribution >= 0.6 is 11.6 Å². The van der Waals surface area contributed by atoms with Gasteiger partial charge in [0.05, 0.1) is 5.69 Å². The third-order valence-corrected chi connectivity index (χ3v) is 4.26. The average molecular weight is 363 g/mol. The molecule has 0 aliphatic heterocycles. The summed E-state index contributed by atoms with van der Waals surface area (Å²) in [6.45, 7) is 2.03. The first-order valence-electron chi connectivity index (χ1n) is 8.09. The summed E-state index contributed by atoms with van der Waals surface area (Å²) in [6, 6.07) is 20.2. The van der Waals surface area contributed by atoms with Crippen molar-refractivity contribution < 1.29 is 4.79 Å². The standard InChI is InChI=1S/C20H15ClN4O/c1-13-2-9-17(10-3-13)25-23-18-11-8-16(12-19(18)24-25)22-20(26)14-4-6-15(21)7-5-14/h2-12H,1H3,(H,22,26). The molecule has 0 aliphatic rings. The fourth-order valence-electron chi connectivity index (χ4n) is 2.59. The van der Waals surface area contributed by atoms with E-state index in [-0.39, 0.29) is 5.91 Å². The molecule has 26 heavy (non-hydrogen) atoms. The zero-order valence-corrected chi connectivity index (χ0v) is 14.7. The smallest absolute Gasteiger partial charge is 0.255 e. The van der Waals surface area contributed by atoms with E-state index in [4.69, 9.17) is 11.6 Å². The summed E-state index contributed by atoms with van der Waals surface area (Å²) in [5.74, 6) is -0.202.